The number of carbonyl (C=O) groups excluding carboxylic acids is 1. The maximum atomic E-state index is 13.7. The monoisotopic (exact) mass is 504 g/mol. The molecule has 178 valence electrons. The van der Waals surface area contributed by atoms with Gasteiger partial charge in [0.25, 0.3) is 5.91 Å². The summed E-state index contributed by atoms with van der Waals surface area (Å²) in [5.41, 5.74) is 3.54. The van der Waals surface area contributed by atoms with Crippen LogP contribution in [-0.2, 0) is 4.79 Å². The van der Waals surface area contributed by atoms with Crippen LogP contribution in [0.3, 0.4) is 0 Å². The SMILES string of the molecule is CCN(CC)c1ccc(N=C2S/C(=C3\Sc4ccccc4N3C)C(=O)N2c2ccc(F)cc2)cc1. The van der Waals surface area contributed by atoms with Crippen molar-refractivity contribution in [2.24, 2.45) is 4.99 Å². The van der Waals surface area contributed by atoms with Crippen molar-refractivity contribution >= 4 is 57.3 Å². The Morgan fingerprint density at radius 3 is 2.26 bits per heavy atom. The van der Waals surface area contributed by atoms with E-state index < -0.39 is 0 Å². The number of anilines is 3. The minimum atomic E-state index is -0.348. The Morgan fingerprint density at radius 2 is 1.60 bits per heavy atom. The zero-order chi connectivity index (χ0) is 24.5. The lowest BCUT2D eigenvalue weighted by Crippen LogP contribution is -2.29. The molecule has 3 aromatic rings. The molecule has 0 saturated carbocycles. The van der Waals surface area contributed by atoms with E-state index in [1.807, 2.05) is 54.4 Å². The molecule has 0 atom stereocenters. The lowest BCUT2D eigenvalue weighted by molar-refractivity contribution is -0.113. The van der Waals surface area contributed by atoms with Crippen molar-refractivity contribution in [3.8, 4) is 0 Å². The standard InChI is InChI=1S/C27H25FN4OS2/c1-4-31(5-2)20-16-12-19(13-17-20)29-27-32(21-14-10-18(28)11-15-21)25(33)24(35-27)26-30(3)22-8-6-7-9-23(22)34-26/h6-17H,4-5H2,1-3H3/b26-24-,29-27?. The molecule has 2 aliphatic heterocycles. The third kappa shape index (κ3) is 4.44. The minimum Gasteiger partial charge on any atom is -0.372 e. The number of halogens is 1. The van der Waals surface area contributed by atoms with Crippen LogP contribution in [0, 0.1) is 5.82 Å². The summed E-state index contributed by atoms with van der Waals surface area (Å²) < 4.78 is 13.6. The Balaban J connectivity index is 1.55. The number of amides is 1. The molecule has 0 N–H and O–H groups in total. The van der Waals surface area contributed by atoms with Crippen LogP contribution in [0.15, 0.2) is 92.6 Å². The van der Waals surface area contributed by atoms with Gasteiger partial charge in [0.1, 0.15) is 10.7 Å². The maximum Gasteiger partial charge on any atom is 0.274 e. The molecule has 0 spiro atoms. The van der Waals surface area contributed by atoms with Gasteiger partial charge in [-0.05, 0) is 86.3 Å². The average molecular weight is 505 g/mol. The van der Waals surface area contributed by atoms with Crippen molar-refractivity contribution in [2.75, 3.05) is 34.8 Å². The van der Waals surface area contributed by atoms with E-state index in [9.17, 15) is 9.18 Å². The van der Waals surface area contributed by atoms with Crippen LogP contribution >= 0.6 is 23.5 Å². The number of fused-ring (bicyclic) bond motifs is 1. The Hall–Kier alpha value is -3.23. The van der Waals surface area contributed by atoms with Crippen LogP contribution in [0.5, 0.6) is 0 Å². The van der Waals surface area contributed by atoms with E-state index in [-0.39, 0.29) is 11.7 Å². The third-order valence-corrected chi connectivity index (χ3v) is 8.40. The highest BCUT2D eigenvalue weighted by atomic mass is 32.2. The van der Waals surface area contributed by atoms with Gasteiger partial charge in [-0.2, -0.15) is 0 Å². The van der Waals surface area contributed by atoms with Crippen LogP contribution in [0.4, 0.5) is 27.1 Å². The first-order valence-corrected chi connectivity index (χ1v) is 13.1. The Labute approximate surface area is 213 Å². The largest absolute Gasteiger partial charge is 0.372 e. The lowest BCUT2D eigenvalue weighted by Gasteiger charge is -2.21. The molecule has 8 heteroatoms. The van der Waals surface area contributed by atoms with Crippen molar-refractivity contribution in [2.45, 2.75) is 18.7 Å². The summed E-state index contributed by atoms with van der Waals surface area (Å²) in [6.07, 6.45) is 0. The number of hydrogen-bond acceptors (Lipinski definition) is 6. The highest BCUT2D eigenvalue weighted by molar-refractivity contribution is 8.20. The van der Waals surface area contributed by atoms with Crippen LogP contribution in [0.25, 0.3) is 0 Å². The molecular formula is C27H25FN4OS2. The number of para-hydroxylation sites is 1. The number of thioether (sulfide) groups is 2. The topological polar surface area (TPSA) is 39.1 Å². The molecule has 5 rings (SSSR count). The minimum absolute atomic E-state index is 0.165. The maximum absolute atomic E-state index is 13.7. The van der Waals surface area contributed by atoms with Crippen molar-refractivity contribution in [3.63, 3.8) is 0 Å². The van der Waals surface area contributed by atoms with Gasteiger partial charge in [0.05, 0.1) is 22.1 Å². The molecule has 0 bridgehead atoms. The van der Waals surface area contributed by atoms with Crippen molar-refractivity contribution < 1.29 is 9.18 Å². The lowest BCUT2D eigenvalue weighted by atomic mass is 10.2. The first kappa shape index (κ1) is 23.5. The van der Waals surface area contributed by atoms with Gasteiger partial charge in [0.2, 0.25) is 0 Å². The second-order valence-electron chi connectivity index (χ2n) is 8.07. The smallest absolute Gasteiger partial charge is 0.274 e. The van der Waals surface area contributed by atoms with Gasteiger partial charge in [-0.15, -0.1) is 0 Å². The normalized spacial score (nSPS) is 18.5. The van der Waals surface area contributed by atoms with Crippen molar-refractivity contribution in [3.05, 3.63) is 88.5 Å². The van der Waals surface area contributed by atoms with Crippen LogP contribution in [-0.4, -0.2) is 31.2 Å². The number of carbonyl (C=O) groups is 1. The molecule has 2 aliphatic rings. The van der Waals surface area contributed by atoms with Gasteiger partial charge in [0, 0.05) is 30.7 Å². The molecule has 2 heterocycles. The van der Waals surface area contributed by atoms with E-state index in [0.717, 1.165) is 40.1 Å². The first-order chi connectivity index (χ1) is 17.0. The zero-order valence-corrected chi connectivity index (χ0v) is 21.4. The molecule has 1 amide bonds. The summed E-state index contributed by atoms with van der Waals surface area (Å²) >= 11 is 2.93. The summed E-state index contributed by atoms with van der Waals surface area (Å²) in [6.45, 7) is 6.11. The van der Waals surface area contributed by atoms with Gasteiger partial charge < -0.3 is 9.80 Å². The van der Waals surface area contributed by atoms with E-state index in [1.165, 1.54) is 23.9 Å². The van der Waals surface area contributed by atoms with Crippen molar-refractivity contribution in [1.82, 2.24) is 0 Å². The number of benzene rings is 3. The van der Waals surface area contributed by atoms with Crippen LogP contribution in [0.2, 0.25) is 0 Å². The summed E-state index contributed by atoms with van der Waals surface area (Å²) in [4.78, 5) is 26.2. The fraction of sp³-hybridized carbons (Fsp3) is 0.185. The molecule has 0 unspecified atom stereocenters. The highest BCUT2D eigenvalue weighted by Gasteiger charge is 2.40. The number of hydrogen-bond donors (Lipinski definition) is 0. The summed E-state index contributed by atoms with van der Waals surface area (Å²) in [5.74, 6) is -0.513. The zero-order valence-electron chi connectivity index (χ0n) is 19.7. The second kappa shape index (κ2) is 9.79. The van der Waals surface area contributed by atoms with Gasteiger partial charge in [-0.3, -0.25) is 9.69 Å². The highest BCUT2D eigenvalue weighted by Crippen LogP contribution is 2.50. The van der Waals surface area contributed by atoms with E-state index >= 15 is 0 Å². The number of aliphatic imine (C=N–C) groups is 1. The van der Waals surface area contributed by atoms with E-state index in [0.29, 0.717) is 15.8 Å². The first-order valence-electron chi connectivity index (χ1n) is 11.5. The molecule has 0 aliphatic carbocycles. The van der Waals surface area contributed by atoms with Gasteiger partial charge >= 0.3 is 0 Å². The van der Waals surface area contributed by atoms with Gasteiger partial charge in [-0.1, -0.05) is 23.9 Å². The Kier molecular flexibility index (Phi) is 6.58. The number of amidine groups is 1. The molecule has 0 radical (unpaired) electrons. The predicted octanol–water partition coefficient (Wildman–Crippen LogP) is 6.85. The molecule has 35 heavy (non-hydrogen) atoms. The number of rotatable bonds is 5. The average Bonchev–Trinajstić information content (AvgIpc) is 3.38. The molecule has 3 aromatic carbocycles. The van der Waals surface area contributed by atoms with Crippen LogP contribution in [0.1, 0.15) is 13.8 Å². The quantitative estimate of drug-likeness (QED) is 0.355. The van der Waals surface area contributed by atoms with E-state index in [2.05, 4.69) is 24.8 Å². The van der Waals surface area contributed by atoms with E-state index in [1.54, 1.807) is 28.8 Å². The van der Waals surface area contributed by atoms with Crippen LogP contribution < -0.4 is 14.7 Å². The molecule has 1 fully saturated rings. The Bertz CT molecular complexity index is 1320. The fourth-order valence-electron chi connectivity index (χ4n) is 4.13. The predicted molar refractivity (Wildman–Crippen MR) is 146 cm³/mol. The third-order valence-electron chi connectivity index (χ3n) is 6.00. The Morgan fingerprint density at radius 1 is 0.914 bits per heavy atom. The molecule has 1 saturated heterocycles. The van der Waals surface area contributed by atoms with Crippen molar-refractivity contribution in [1.29, 1.82) is 0 Å². The molecule has 0 aromatic heterocycles. The molecular weight excluding hydrogens is 479 g/mol. The van der Waals surface area contributed by atoms with Gasteiger partial charge in [0.15, 0.2) is 5.17 Å². The fourth-order valence-corrected chi connectivity index (χ4v) is 6.48. The summed E-state index contributed by atoms with van der Waals surface area (Å²) in [5, 5.41) is 1.42. The molecule has 5 nitrogen and oxygen atoms in total. The van der Waals surface area contributed by atoms with Gasteiger partial charge in [-0.25, -0.2) is 9.38 Å². The second-order valence-corrected chi connectivity index (χ2v) is 10.1. The van der Waals surface area contributed by atoms with E-state index in [4.69, 9.17) is 4.99 Å². The number of nitrogens with zero attached hydrogens (tertiary/aromatic N) is 4. The summed E-state index contributed by atoms with van der Waals surface area (Å²) in [7, 11) is 1.97. The summed E-state index contributed by atoms with van der Waals surface area (Å²) in [6, 6.07) is 22.1.